The standard InChI is InChI=1S/C16H23N3O3S/c1-12-10-18(2)11-15(12)17-23(21,22)14-7-5-13(6-8-14)19-9-3-4-16(19)20/h5-8,12,15,17H,3-4,9-11H2,1-2H3/t12-,15+/m0/s1. The first-order valence-corrected chi connectivity index (χ1v) is 9.46. The number of hydrogen-bond donors (Lipinski definition) is 1. The van der Waals surface area contributed by atoms with Crippen molar-refractivity contribution in [1.29, 1.82) is 0 Å². The van der Waals surface area contributed by atoms with Gasteiger partial charge in [-0.3, -0.25) is 4.79 Å². The molecule has 2 aliphatic rings. The quantitative estimate of drug-likeness (QED) is 0.891. The molecule has 2 aliphatic heterocycles. The van der Waals surface area contributed by atoms with E-state index in [1.54, 1.807) is 29.2 Å². The average molecular weight is 337 g/mol. The Kier molecular flexibility index (Phi) is 4.44. The van der Waals surface area contributed by atoms with Crippen molar-refractivity contribution >= 4 is 21.6 Å². The molecule has 0 unspecified atom stereocenters. The fraction of sp³-hybridized carbons (Fsp3) is 0.562. The minimum atomic E-state index is -3.53. The Morgan fingerprint density at radius 1 is 1.17 bits per heavy atom. The van der Waals surface area contributed by atoms with Gasteiger partial charge in [-0.2, -0.15) is 0 Å². The Hall–Kier alpha value is -1.44. The molecule has 1 aromatic carbocycles. The summed E-state index contributed by atoms with van der Waals surface area (Å²) in [7, 11) is -1.54. The SMILES string of the molecule is C[C@H]1CN(C)C[C@H]1NS(=O)(=O)c1ccc(N2CCCC2=O)cc1. The van der Waals surface area contributed by atoms with Gasteiger partial charge in [-0.15, -0.1) is 0 Å². The molecule has 0 aromatic heterocycles. The van der Waals surface area contributed by atoms with E-state index in [1.165, 1.54) is 0 Å². The van der Waals surface area contributed by atoms with E-state index in [9.17, 15) is 13.2 Å². The number of benzene rings is 1. The van der Waals surface area contributed by atoms with Gasteiger partial charge in [0, 0.05) is 37.8 Å². The summed E-state index contributed by atoms with van der Waals surface area (Å²) in [6.07, 6.45) is 1.42. The molecular formula is C16H23N3O3S. The predicted octanol–water partition coefficient (Wildman–Crippen LogP) is 1.04. The van der Waals surface area contributed by atoms with Crippen LogP contribution in [0.3, 0.4) is 0 Å². The van der Waals surface area contributed by atoms with Gasteiger partial charge < -0.3 is 9.80 Å². The molecule has 0 aliphatic carbocycles. The molecular weight excluding hydrogens is 314 g/mol. The second-order valence-corrected chi connectivity index (χ2v) is 8.28. The molecule has 3 rings (SSSR count). The Morgan fingerprint density at radius 2 is 1.87 bits per heavy atom. The molecule has 2 fully saturated rings. The molecule has 1 N–H and O–H groups in total. The van der Waals surface area contributed by atoms with Gasteiger partial charge in [-0.25, -0.2) is 13.1 Å². The van der Waals surface area contributed by atoms with E-state index in [-0.39, 0.29) is 22.8 Å². The summed E-state index contributed by atoms with van der Waals surface area (Å²) >= 11 is 0. The van der Waals surface area contributed by atoms with Gasteiger partial charge >= 0.3 is 0 Å². The molecule has 0 radical (unpaired) electrons. The molecule has 0 spiro atoms. The number of carbonyl (C=O) groups is 1. The maximum Gasteiger partial charge on any atom is 0.240 e. The first-order valence-electron chi connectivity index (χ1n) is 7.98. The topological polar surface area (TPSA) is 69.7 Å². The van der Waals surface area contributed by atoms with Gasteiger partial charge in [0.15, 0.2) is 0 Å². The third kappa shape index (κ3) is 3.41. The lowest BCUT2D eigenvalue weighted by atomic mass is 10.1. The van der Waals surface area contributed by atoms with Crippen LogP contribution in [-0.2, 0) is 14.8 Å². The zero-order valence-electron chi connectivity index (χ0n) is 13.5. The summed E-state index contributed by atoms with van der Waals surface area (Å²) in [6, 6.07) is 6.51. The van der Waals surface area contributed by atoms with Gasteiger partial charge in [0.1, 0.15) is 0 Å². The smallest absolute Gasteiger partial charge is 0.240 e. The normalized spacial score (nSPS) is 26.2. The minimum absolute atomic E-state index is 0.0650. The molecule has 23 heavy (non-hydrogen) atoms. The molecule has 0 bridgehead atoms. The largest absolute Gasteiger partial charge is 0.312 e. The van der Waals surface area contributed by atoms with Crippen molar-refractivity contribution in [1.82, 2.24) is 9.62 Å². The number of hydrogen-bond acceptors (Lipinski definition) is 4. The van der Waals surface area contributed by atoms with Crippen LogP contribution in [-0.4, -0.2) is 51.9 Å². The number of nitrogens with one attached hydrogen (secondary N) is 1. The highest BCUT2D eigenvalue weighted by Gasteiger charge is 2.31. The molecule has 2 saturated heterocycles. The highest BCUT2D eigenvalue weighted by Crippen LogP contribution is 2.24. The van der Waals surface area contributed by atoms with E-state index in [1.807, 2.05) is 7.05 Å². The third-order valence-corrected chi connectivity index (χ3v) is 6.14. The molecule has 2 heterocycles. The lowest BCUT2D eigenvalue weighted by molar-refractivity contribution is -0.117. The van der Waals surface area contributed by atoms with Crippen LogP contribution in [0, 0.1) is 5.92 Å². The van der Waals surface area contributed by atoms with Crippen molar-refractivity contribution in [3.05, 3.63) is 24.3 Å². The van der Waals surface area contributed by atoms with Crippen LogP contribution in [0.25, 0.3) is 0 Å². The second-order valence-electron chi connectivity index (χ2n) is 6.57. The maximum atomic E-state index is 12.5. The van der Waals surface area contributed by atoms with E-state index < -0.39 is 10.0 Å². The lowest BCUT2D eigenvalue weighted by Gasteiger charge is -2.18. The van der Waals surface area contributed by atoms with Crippen molar-refractivity contribution in [2.75, 3.05) is 31.6 Å². The second kappa shape index (κ2) is 6.22. The van der Waals surface area contributed by atoms with Crippen LogP contribution in [0.5, 0.6) is 0 Å². The predicted molar refractivity (Wildman–Crippen MR) is 88.8 cm³/mol. The number of amides is 1. The van der Waals surface area contributed by atoms with Gasteiger partial charge in [-0.1, -0.05) is 6.92 Å². The van der Waals surface area contributed by atoms with Crippen LogP contribution in [0.2, 0.25) is 0 Å². The fourth-order valence-electron chi connectivity index (χ4n) is 3.36. The minimum Gasteiger partial charge on any atom is -0.312 e. The number of rotatable bonds is 4. The lowest BCUT2D eigenvalue weighted by Crippen LogP contribution is -2.39. The first-order chi connectivity index (χ1) is 10.9. The van der Waals surface area contributed by atoms with E-state index in [4.69, 9.17) is 0 Å². The van der Waals surface area contributed by atoms with Crippen molar-refractivity contribution in [3.63, 3.8) is 0 Å². The fourth-order valence-corrected chi connectivity index (χ4v) is 4.69. The summed E-state index contributed by atoms with van der Waals surface area (Å²) in [5.74, 6) is 0.387. The number of anilines is 1. The van der Waals surface area contributed by atoms with E-state index >= 15 is 0 Å². The van der Waals surface area contributed by atoms with E-state index in [0.29, 0.717) is 13.0 Å². The maximum absolute atomic E-state index is 12.5. The molecule has 7 heteroatoms. The van der Waals surface area contributed by atoms with Crippen LogP contribution in [0.4, 0.5) is 5.69 Å². The molecule has 1 aromatic rings. The Balaban J connectivity index is 1.74. The zero-order valence-corrected chi connectivity index (χ0v) is 14.3. The molecule has 2 atom stereocenters. The average Bonchev–Trinajstić information content (AvgIpc) is 3.04. The van der Waals surface area contributed by atoms with Gasteiger partial charge in [0.25, 0.3) is 0 Å². The van der Waals surface area contributed by atoms with Crippen LogP contribution in [0.1, 0.15) is 19.8 Å². The number of sulfonamides is 1. The molecule has 6 nitrogen and oxygen atoms in total. The van der Waals surface area contributed by atoms with Gasteiger partial charge in [-0.05, 0) is 43.7 Å². The van der Waals surface area contributed by atoms with E-state index in [2.05, 4.69) is 16.5 Å². The van der Waals surface area contributed by atoms with Crippen LogP contribution < -0.4 is 9.62 Å². The summed E-state index contributed by atoms with van der Waals surface area (Å²) in [5.41, 5.74) is 0.764. The Labute approximate surface area is 137 Å². The zero-order chi connectivity index (χ0) is 16.6. The first kappa shape index (κ1) is 16.4. The van der Waals surface area contributed by atoms with Gasteiger partial charge in [0.2, 0.25) is 15.9 Å². The third-order valence-electron chi connectivity index (χ3n) is 4.63. The summed E-state index contributed by atoms with van der Waals surface area (Å²) < 4.78 is 27.9. The van der Waals surface area contributed by atoms with Crippen molar-refractivity contribution in [3.8, 4) is 0 Å². The van der Waals surface area contributed by atoms with Crippen LogP contribution in [0.15, 0.2) is 29.2 Å². The number of carbonyl (C=O) groups excluding carboxylic acids is 1. The summed E-state index contributed by atoms with van der Waals surface area (Å²) in [5, 5.41) is 0. The monoisotopic (exact) mass is 337 g/mol. The van der Waals surface area contributed by atoms with Crippen molar-refractivity contribution in [2.24, 2.45) is 5.92 Å². The van der Waals surface area contributed by atoms with Crippen molar-refractivity contribution < 1.29 is 13.2 Å². The Morgan fingerprint density at radius 3 is 2.39 bits per heavy atom. The molecule has 1 amide bonds. The number of nitrogens with zero attached hydrogens (tertiary/aromatic N) is 2. The number of likely N-dealkylation sites (tertiary alicyclic amines) is 1. The van der Waals surface area contributed by atoms with Crippen molar-refractivity contribution in [2.45, 2.75) is 30.7 Å². The highest BCUT2D eigenvalue weighted by molar-refractivity contribution is 7.89. The highest BCUT2D eigenvalue weighted by atomic mass is 32.2. The molecule has 126 valence electrons. The Bertz CT molecular complexity index is 687. The number of likely N-dealkylation sites (N-methyl/N-ethyl adjacent to an activating group) is 1. The van der Waals surface area contributed by atoms with E-state index in [0.717, 1.165) is 25.2 Å². The van der Waals surface area contributed by atoms with Gasteiger partial charge in [0.05, 0.1) is 4.90 Å². The summed E-state index contributed by atoms with van der Waals surface area (Å²) in [4.78, 5) is 15.8. The summed E-state index contributed by atoms with van der Waals surface area (Å²) in [6.45, 7) is 4.37. The van der Waals surface area contributed by atoms with Crippen LogP contribution >= 0.6 is 0 Å². The molecule has 0 saturated carbocycles.